The van der Waals surface area contributed by atoms with Gasteiger partial charge in [0.2, 0.25) is 11.8 Å². The van der Waals surface area contributed by atoms with Gasteiger partial charge in [0.05, 0.1) is 25.5 Å². The van der Waals surface area contributed by atoms with Crippen LogP contribution in [0.4, 0.5) is 17.5 Å². The molecule has 7 N–H and O–H groups in total. The fourth-order valence-corrected chi connectivity index (χ4v) is 3.52. The number of methoxy groups -OCH3 is 1. The van der Waals surface area contributed by atoms with Crippen LogP contribution >= 0.6 is 0 Å². The first-order chi connectivity index (χ1) is 18.2. The van der Waals surface area contributed by atoms with Crippen molar-refractivity contribution in [2.75, 3.05) is 30.5 Å². The van der Waals surface area contributed by atoms with Crippen LogP contribution in [0.5, 0.6) is 0 Å². The Kier molecular flexibility index (Phi) is 9.85. The first kappa shape index (κ1) is 28.2. The van der Waals surface area contributed by atoms with Gasteiger partial charge in [-0.15, -0.1) is 0 Å². The van der Waals surface area contributed by atoms with Crippen LogP contribution in [-0.4, -0.2) is 57.7 Å². The third-order valence-electron chi connectivity index (χ3n) is 6.12. The molecular formula is C26H36N10O2. The number of hydrogen-bond donors (Lipinski definition) is 5. The lowest BCUT2D eigenvalue weighted by atomic mass is 10.0. The summed E-state index contributed by atoms with van der Waals surface area (Å²) >= 11 is 0. The van der Waals surface area contributed by atoms with Gasteiger partial charge in [-0.05, 0) is 44.0 Å². The van der Waals surface area contributed by atoms with Crippen molar-refractivity contribution in [3.8, 4) is 0 Å². The molecule has 1 aromatic carbocycles. The first-order valence-corrected chi connectivity index (χ1v) is 12.5. The lowest BCUT2D eigenvalue weighted by molar-refractivity contribution is 0.0941. The molecule has 1 unspecified atom stereocenters. The smallest absolute Gasteiger partial charge is 0.251 e. The number of benzene rings is 1. The summed E-state index contributed by atoms with van der Waals surface area (Å²) in [4.78, 5) is 31.3. The fraction of sp³-hybridized carbons (Fsp3) is 0.423. The summed E-state index contributed by atoms with van der Waals surface area (Å²) in [5.74, 6) is -0.149. The highest BCUT2D eigenvalue weighted by atomic mass is 16.5. The van der Waals surface area contributed by atoms with Gasteiger partial charge in [-0.1, -0.05) is 25.7 Å². The minimum Gasteiger partial charge on any atom is -0.483 e. The molecule has 4 rings (SSSR count). The third-order valence-corrected chi connectivity index (χ3v) is 6.12. The number of nitrogens with zero attached hydrogens (tertiary/aromatic N) is 5. The van der Waals surface area contributed by atoms with Crippen LogP contribution in [-0.2, 0) is 11.3 Å². The van der Waals surface area contributed by atoms with Crippen molar-refractivity contribution in [1.29, 1.82) is 10.8 Å². The van der Waals surface area contributed by atoms with Crippen LogP contribution in [0.3, 0.4) is 0 Å². The number of hydrogen-bond acceptors (Lipinski definition) is 11. The molecule has 12 heteroatoms. The van der Waals surface area contributed by atoms with E-state index >= 15 is 0 Å². The molecule has 3 aromatic rings. The molecule has 0 bridgehead atoms. The molecule has 2 aromatic heterocycles. The molecule has 0 saturated heterocycles. The molecule has 202 valence electrons. The first-order valence-electron chi connectivity index (χ1n) is 12.5. The second kappa shape index (κ2) is 13.3. The molecule has 0 spiro atoms. The fourth-order valence-electron chi connectivity index (χ4n) is 3.52. The van der Waals surface area contributed by atoms with Crippen LogP contribution in [0.25, 0.3) is 11.2 Å². The molecule has 12 nitrogen and oxygen atoms in total. The molecule has 38 heavy (non-hydrogen) atoms. The zero-order chi connectivity index (χ0) is 27.7. The number of fused-ring (bicyclic) bond motifs is 1. The second-order valence-electron chi connectivity index (χ2n) is 9.23. The third kappa shape index (κ3) is 7.82. The standard InChI is InChI=1S/C22H28N10O2.C4H8/c1-12(23)4-9-16(19(25)34-3)29-21(33)13-5-7-15(8-6-13)32(2)11-14-10-27-20-17(28-14)18(24)30-22(26)31-20;1-2-4-3-1/h5-8,10,16,23,25H,4,9,11H2,1-3H3,(H,29,33)(H4,24,26,27,30,31);1-4H2. The van der Waals surface area contributed by atoms with Crippen LogP contribution in [0, 0.1) is 10.8 Å². The molecular weight excluding hydrogens is 484 g/mol. The second-order valence-corrected chi connectivity index (χ2v) is 9.23. The lowest BCUT2D eigenvalue weighted by Crippen LogP contribution is -2.41. The highest BCUT2D eigenvalue weighted by Crippen LogP contribution is 2.19. The molecule has 1 aliphatic carbocycles. The Hall–Kier alpha value is -4.35. The number of carbonyl (C=O) groups excluding carboxylic acids is 1. The van der Waals surface area contributed by atoms with E-state index in [1.807, 2.05) is 24.1 Å². The van der Waals surface area contributed by atoms with Gasteiger partial charge in [0.1, 0.15) is 6.04 Å². The molecule has 1 saturated carbocycles. The van der Waals surface area contributed by atoms with Gasteiger partial charge in [-0.25, -0.2) is 9.97 Å². The van der Waals surface area contributed by atoms with Crippen molar-refractivity contribution >= 4 is 46.1 Å². The predicted molar refractivity (Wildman–Crippen MR) is 150 cm³/mol. The molecule has 2 heterocycles. The van der Waals surface area contributed by atoms with Gasteiger partial charge in [0.25, 0.3) is 5.91 Å². The maximum absolute atomic E-state index is 12.7. The highest BCUT2D eigenvalue weighted by molar-refractivity contribution is 5.97. The molecule has 0 radical (unpaired) electrons. The van der Waals surface area contributed by atoms with Crippen LogP contribution in [0.1, 0.15) is 61.5 Å². The number of rotatable bonds is 9. The Morgan fingerprint density at radius 1 is 1.11 bits per heavy atom. The van der Waals surface area contributed by atoms with Crippen molar-refractivity contribution in [3.05, 3.63) is 41.7 Å². The maximum atomic E-state index is 12.7. The zero-order valence-corrected chi connectivity index (χ0v) is 22.1. The topological polar surface area (TPSA) is 193 Å². The van der Waals surface area contributed by atoms with Crippen molar-refractivity contribution in [2.24, 2.45) is 0 Å². The average Bonchev–Trinajstić information content (AvgIpc) is 2.85. The van der Waals surface area contributed by atoms with E-state index in [2.05, 4.69) is 25.3 Å². The van der Waals surface area contributed by atoms with Gasteiger partial charge < -0.3 is 31.8 Å². The normalized spacial score (nSPS) is 12.9. The molecule has 0 aliphatic heterocycles. The number of anilines is 3. The summed E-state index contributed by atoms with van der Waals surface area (Å²) in [6, 6.07) is 6.45. The van der Waals surface area contributed by atoms with Crippen molar-refractivity contribution in [2.45, 2.75) is 58.0 Å². The quantitative estimate of drug-likeness (QED) is 0.208. The van der Waals surface area contributed by atoms with E-state index in [-0.39, 0.29) is 23.6 Å². The number of carbonyl (C=O) groups is 1. The highest BCUT2D eigenvalue weighted by Gasteiger charge is 2.19. The van der Waals surface area contributed by atoms with Gasteiger partial charge in [0, 0.05) is 24.0 Å². The van der Waals surface area contributed by atoms with Gasteiger partial charge >= 0.3 is 0 Å². The summed E-state index contributed by atoms with van der Waals surface area (Å²) in [6.07, 6.45) is 8.49. The average molecular weight is 521 g/mol. The summed E-state index contributed by atoms with van der Waals surface area (Å²) in [5, 5.41) is 18.3. The minimum absolute atomic E-state index is 0.0449. The Labute approximate surface area is 222 Å². The summed E-state index contributed by atoms with van der Waals surface area (Å²) < 4.78 is 4.99. The number of nitrogen functional groups attached to an aromatic ring is 2. The number of aromatic nitrogens is 4. The van der Waals surface area contributed by atoms with E-state index in [0.29, 0.717) is 47.5 Å². The summed E-state index contributed by atoms with van der Waals surface area (Å²) in [7, 11) is 3.28. The van der Waals surface area contributed by atoms with E-state index in [1.165, 1.54) is 32.8 Å². The number of nitrogens with one attached hydrogen (secondary N) is 3. The van der Waals surface area contributed by atoms with E-state index in [4.69, 9.17) is 27.0 Å². The number of amides is 1. The Balaban J connectivity index is 0.000000912. The van der Waals surface area contributed by atoms with E-state index in [1.54, 1.807) is 25.3 Å². The number of ether oxygens (including phenoxy) is 1. The van der Waals surface area contributed by atoms with Crippen LogP contribution in [0.2, 0.25) is 0 Å². The monoisotopic (exact) mass is 520 g/mol. The zero-order valence-electron chi connectivity index (χ0n) is 22.1. The predicted octanol–water partition coefficient (Wildman–Crippen LogP) is 3.32. The lowest BCUT2D eigenvalue weighted by Gasteiger charge is -2.20. The summed E-state index contributed by atoms with van der Waals surface area (Å²) in [5.41, 5.74) is 14.7. The molecule has 1 amide bonds. The SMILES string of the molecule is C1CCC1.COC(=N)C(CCC(C)=N)NC(=O)c1ccc(N(C)Cc2cnc3nc(N)nc(N)c3n2)cc1. The van der Waals surface area contributed by atoms with Crippen molar-refractivity contribution < 1.29 is 9.53 Å². The Morgan fingerprint density at radius 2 is 1.76 bits per heavy atom. The number of nitrogens with two attached hydrogens (primary N) is 2. The van der Waals surface area contributed by atoms with Gasteiger partial charge in [-0.2, -0.15) is 9.97 Å². The summed E-state index contributed by atoms with van der Waals surface area (Å²) in [6.45, 7) is 2.13. The maximum Gasteiger partial charge on any atom is 0.251 e. The van der Waals surface area contributed by atoms with E-state index in [9.17, 15) is 4.79 Å². The van der Waals surface area contributed by atoms with Crippen LogP contribution in [0.15, 0.2) is 30.5 Å². The molecule has 1 fully saturated rings. The van der Waals surface area contributed by atoms with Crippen molar-refractivity contribution in [1.82, 2.24) is 25.3 Å². The van der Waals surface area contributed by atoms with Crippen LogP contribution < -0.4 is 21.7 Å². The largest absolute Gasteiger partial charge is 0.483 e. The Bertz CT molecular complexity index is 1270. The molecule has 1 aliphatic rings. The van der Waals surface area contributed by atoms with Gasteiger partial charge in [0.15, 0.2) is 17.0 Å². The van der Waals surface area contributed by atoms with E-state index < -0.39 is 6.04 Å². The van der Waals surface area contributed by atoms with E-state index in [0.717, 1.165) is 5.69 Å². The minimum atomic E-state index is -0.599. The Morgan fingerprint density at radius 3 is 2.34 bits per heavy atom. The van der Waals surface area contributed by atoms with Gasteiger partial charge in [-0.3, -0.25) is 10.2 Å². The molecule has 1 atom stereocenters. The van der Waals surface area contributed by atoms with Crippen molar-refractivity contribution in [3.63, 3.8) is 0 Å².